The molecule has 0 radical (unpaired) electrons. The monoisotopic (exact) mass is 246 g/mol. The lowest BCUT2D eigenvalue weighted by atomic mass is 9.91. The van der Waals surface area contributed by atoms with Crippen LogP contribution in [0.5, 0.6) is 0 Å². The fourth-order valence-corrected chi connectivity index (χ4v) is 3.16. The standard InChI is InChI=1S/C12H22N2O.ClH/c1-9(13)8-12(15)14-7-3-5-10-4-2-6-11(10)14;/h9-11H,2-8,13H2,1H3;1H. The molecule has 1 saturated heterocycles. The molecule has 2 aliphatic rings. The zero-order chi connectivity index (χ0) is 10.8. The van der Waals surface area contributed by atoms with Crippen LogP contribution in [0.3, 0.4) is 0 Å². The Morgan fingerprint density at radius 2 is 2.06 bits per heavy atom. The first-order chi connectivity index (χ1) is 7.18. The lowest BCUT2D eigenvalue weighted by Gasteiger charge is -2.38. The van der Waals surface area contributed by atoms with E-state index in [1.165, 1.54) is 32.1 Å². The van der Waals surface area contributed by atoms with Crippen molar-refractivity contribution in [3.05, 3.63) is 0 Å². The van der Waals surface area contributed by atoms with E-state index in [2.05, 4.69) is 4.90 Å². The molecule has 1 heterocycles. The van der Waals surface area contributed by atoms with Crippen molar-refractivity contribution in [2.45, 2.75) is 57.5 Å². The Hall–Kier alpha value is -0.280. The van der Waals surface area contributed by atoms with Crippen LogP contribution in [0.4, 0.5) is 0 Å². The van der Waals surface area contributed by atoms with Gasteiger partial charge in [-0.25, -0.2) is 0 Å². The summed E-state index contributed by atoms with van der Waals surface area (Å²) in [6, 6.07) is 0.546. The first-order valence-electron chi connectivity index (χ1n) is 6.23. The van der Waals surface area contributed by atoms with Crippen LogP contribution in [0.2, 0.25) is 0 Å². The van der Waals surface area contributed by atoms with Crippen molar-refractivity contribution in [2.24, 2.45) is 11.7 Å². The Kier molecular flexibility index (Phi) is 5.06. The van der Waals surface area contributed by atoms with Crippen LogP contribution in [0, 0.1) is 5.92 Å². The highest BCUT2D eigenvalue weighted by Crippen LogP contribution is 2.36. The molecule has 3 nitrogen and oxygen atoms in total. The first kappa shape index (κ1) is 13.8. The number of nitrogens with two attached hydrogens (primary N) is 1. The van der Waals surface area contributed by atoms with Crippen molar-refractivity contribution in [3.8, 4) is 0 Å². The largest absolute Gasteiger partial charge is 0.339 e. The molecule has 0 bridgehead atoms. The van der Waals surface area contributed by atoms with Crippen molar-refractivity contribution in [1.29, 1.82) is 0 Å². The molecular formula is C12H23ClN2O. The Morgan fingerprint density at radius 1 is 1.38 bits per heavy atom. The Bertz CT molecular complexity index is 245. The number of fused-ring (bicyclic) bond motifs is 1. The summed E-state index contributed by atoms with van der Waals surface area (Å²) in [6.45, 7) is 2.88. The van der Waals surface area contributed by atoms with Crippen molar-refractivity contribution >= 4 is 18.3 Å². The van der Waals surface area contributed by atoms with Crippen LogP contribution in [0.15, 0.2) is 0 Å². The van der Waals surface area contributed by atoms with E-state index < -0.39 is 0 Å². The van der Waals surface area contributed by atoms with E-state index in [1.807, 2.05) is 6.92 Å². The van der Waals surface area contributed by atoms with Crippen molar-refractivity contribution in [1.82, 2.24) is 4.90 Å². The van der Waals surface area contributed by atoms with E-state index in [0.717, 1.165) is 12.5 Å². The minimum absolute atomic E-state index is 0. The molecule has 16 heavy (non-hydrogen) atoms. The average Bonchev–Trinajstić information content (AvgIpc) is 2.63. The molecule has 3 unspecified atom stereocenters. The van der Waals surface area contributed by atoms with Crippen LogP contribution in [-0.4, -0.2) is 29.4 Å². The van der Waals surface area contributed by atoms with Crippen molar-refractivity contribution in [3.63, 3.8) is 0 Å². The molecule has 2 N–H and O–H groups in total. The SMILES string of the molecule is CC(N)CC(=O)N1CCCC2CCCC21.Cl. The summed E-state index contributed by atoms with van der Waals surface area (Å²) in [6.07, 6.45) is 6.88. The van der Waals surface area contributed by atoms with Gasteiger partial charge in [0, 0.05) is 25.0 Å². The topological polar surface area (TPSA) is 46.3 Å². The van der Waals surface area contributed by atoms with Gasteiger partial charge < -0.3 is 10.6 Å². The molecule has 4 heteroatoms. The lowest BCUT2D eigenvalue weighted by molar-refractivity contribution is -0.136. The number of rotatable bonds is 2. The van der Waals surface area contributed by atoms with Crippen LogP contribution < -0.4 is 5.73 Å². The normalized spacial score (nSPS) is 30.5. The number of likely N-dealkylation sites (tertiary alicyclic amines) is 1. The molecule has 1 saturated carbocycles. The molecule has 1 amide bonds. The summed E-state index contributed by atoms with van der Waals surface area (Å²) in [7, 11) is 0. The summed E-state index contributed by atoms with van der Waals surface area (Å²) in [5.74, 6) is 1.07. The summed E-state index contributed by atoms with van der Waals surface area (Å²) >= 11 is 0. The van der Waals surface area contributed by atoms with E-state index >= 15 is 0 Å². The second-order valence-electron chi connectivity index (χ2n) is 5.17. The van der Waals surface area contributed by atoms with Crippen LogP contribution in [0.1, 0.15) is 45.4 Å². The zero-order valence-electron chi connectivity index (χ0n) is 10.0. The third-order valence-corrected chi connectivity index (χ3v) is 3.81. The minimum Gasteiger partial charge on any atom is -0.339 e. The number of hydrogen-bond donors (Lipinski definition) is 1. The number of carbonyl (C=O) groups excluding carboxylic acids is 1. The Labute approximate surface area is 104 Å². The Morgan fingerprint density at radius 3 is 2.75 bits per heavy atom. The van der Waals surface area contributed by atoms with E-state index in [1.54, 1.807) is 0 Å². The average molecular weight is 247 g/mol. The molecule has 94 valence electrons. The van der Waals surface area contributed by atoms with Crippen LogP contribution in [-0.2, 0) is 4.79 Å². The molecule has 0 aromatic carbocycles. The third kappa shape index (κ3) is 2.89. The maximum absolute atomic E-state index is 12.0. The third-order valence-electron chi connectivity index (χ3n) is 3.81. The van der Waals surface area contributed by atoms with Crippen molar-refractivity contribution < 1.29 is 4.79 Å². The van der Waals surface area contributed by atoms with E-state index in [4.69, 9.17) is 5.73 Å². The van der Waals surface area contributed by atoms with Crippen molar-refractivity contribution in [2.75, 3.05) is 6.54 Å². The van der Waals surface area contributed by atoms with Gasteiger partial charge in [0.15, 0.2) is 0 Å². The molecule has 0 aromatic rings. The highest BCUT2D eigenvalue weighted by Gasteiger charge is 2.37. The minimum atomic E-state index is -0.000667. The first-order valence-corrected chi connectivity index (χ1v) is 6.23. The summed E-state index contributed by atoms with van der Waals surface area (Å²) in [4.78, 5) is 14.1. The maximum atomic E-state index is 12.0. The maximum Gasteiger partial charge on any atom is 0.224 e. The summed E-state index contributed by atoms with van der Waals surface area (Å²) in [5, 5.41) is 0. The number of halogens is 1. The molecule has 1 aliphatic heterocycles. The van der Waals surface area contributed by atoms with Gasteiger partial charge in [-0.15, -0.1) is 12.4 Å². The van der Waals surface area contributed by atoms with Gasteiger partial charge in [-0.2, -0.15) is 0 Å². The van der Waals surface area contributed by atoms with Gasteiger partial charge in [-0.05, 0) is 38.5 Å². The molecule has 0 spiro atoms. The van der Waals surface area contributed by atoms with Gasteiger partial charge in [0.1, 0.15) is 0 Å². The fraction of sp³-hybridized carbons (Fsp3) is 0.917. The molecular weight excluding hydrogens is 224 g/mol. The summed E-state index contributed by atoms with van der Waals surface area (Å²) < 4.78 is 0. The predicted octanol–water partition coefficient (Wildman–Crippen LogP) is 1.94. The van der Waals surface area contributed by atoms with Gasteiger partial charge >= 0.3 is 0 Å². The highest BCUT2D eigenvalue weighted by molar-refractivity contribution is 5.85. The number of carbonyl (C=O) groups is 1. The lowest BCUT2D eigenvalue weighted by Crippen LogP contribution is -2.47. The predicted molar refractivity (Wildman–Crippen MR) is 67.6 cm³/mol. The van der Waals surface area contributed by atoms with E-state index in [-0.39, 0.29) is 24.4 Å². The van der Waals surface area contributed by atoms with Gasteiger partial charge in [0.2, 0.25) is 5.91 Å². The van der Waals surface area contributed by atoms with Gasteiger partial charge in [-0.3, -0.25) is 4.79 Å². The number of piperidine rings is 1. The van der Waals surface area contributed by atoms with Gasteiger partial charge in [-0.1, -0.05) is 6.42 Å². The van der Waals surface area contributed by atoms with Gasteiger partial charge in [0.25, 0.3) is 0 Å². The second-order valence-corrected chi connectivity index (χ2v) is 5.17. The second kappa shape index (κ2) is 5.87. The molecule has 0 aromatic heterocycles. The van der Waals surface area contributed by atoms with E-state index in [9.17, 15) is 4.79 Å². The van der Waals surface area contributed by atoms with E-state index in [0.29, 0.717) is 12.5 Å². The highest BCUT2D eigenvalue weighted by atomic mass is 35.5. The molecule has 3 atom stereocenters. The fourth-order valence-electron chi connectivity index (χ4n) is 3.16. The number of amides is 1. The van der Waals surface area contributed by atoms with Crippen LogP contribution >= 0.6 is 12.4 Å². The molecule has 1 aliphatic carbocycles. The van der Waals surface area contributed by atoms with Gasteiger partial charge in [0.05, 0.1) is 0 Å². The Balaban J connectivity index is 0.00000128. The molecule has 2 fully saturated rings. The number of hydrogen-bond acceptors (Lipinski definition) is 2. The smallest absolute Gasteiger partial charge is 0.224 e. The molecule has 2 rings (SSSR count). The zero-order valence-corrected chi connectivity index (χ0v) is 10.8. The quantitative estimate of drug-likeness (QED) is 0.810. The number of nitrogens with zero attached hydrogens (tertiary/aromatic N) is 1. The summed E-state index contributed by atoms with van der Waals surface area (Å²) in [5.41, 5.74) is 5.69. The van der Waals surface area contributed by atoms with Crippen LogP contribution in [0.25, 0.3) is 0 Å².